The van der Waals surface area contributed by atoms with E-state index in [1.54, 1.807) is 11.3 Å². The van der Waals surface area contributed by atoms with Gasteiger partial charge in [-0.1, -0.05) is 58.9 Å². The molecule has 5 aromatic rings. The van der Waals surface area contributed by atoms with E-state index >= 15 is 0 Å². The Balaban J connectivity index is 1.58. The van der Waals surface area contributed by atoms with Gasteiger partial charge in [-0.3, -0.25) is 4.98 Å². The van der Waals surface area contributed by atoms with Crippen LogP contribution in [0.15, 0.2) is 72.2 Å². The van der Waals surface area contributed by atoms with E-state index < -0.39 is 0 Å². The van der Waals surface area contributed by atoms with E-state index in [1.165, 1.54) is 27.3 Å². The van der Waals surface area contributed by atoms with E-state index in [0.29, 0.717) is 5.92 Å². The molecule has 0 aliphatic heterocycles. The summed E-state index contributed by atoms with van der Waals surface area (Å²) in [4.78, 5) is 10.9. The third kappa shape index (κ3) is 4.30. The van der Waals surface area contributed by atoms with Crippen LogP contribution in [0.25, 0.3) is 43.5 Å². The molecule has 0 spiro atoms. The molecule has 3 aromatic heterocycles. The highest BCUT2D eigenvalue weighted by atomic mass is 32.1. The zero-order valence-electron chi connectivity index (χ0n) is 20.0. The second-order valence-electron chi connectivity index (χ2n) is 10.3. The smallest absolute Gasteiger partial charge is 0.124 e. The monoisotopic (exact) mass is 450 g/mol. The quantitative estimate of drug-likeness (QED) is 0.274. The van der Waals surface area contributed by atoms with Crippen molar-refractivity contribution in [1.29, 1.82) is 0 Å². The molecule has 0 amide bonds. The van der Waals surface area contributed by atoms with E-state index in [1.807, 2.05) is 6.20 Å². The van der Waals surface area contributed by atoms with Gasteiger partial charge in [0.15, 0.2) is 0 Å². The zero-order chi connectivity index (χ0) is 23.2. The molecule has 0 saturated carbocycles. The van der Waals surface area contributed by atoms with Crippen LogP contribution in [0.5, 0.6) is 0 Å². The molecule has 2 nitrogen and oxygen atoms in total. The van der Waals surface area contributed by atoms with Crippen LogP contribution < -0.4 is 0 Å². The maximum absolute atomic E-state index is 5.01. The van der Waals surface area contributed by atoms with Crippen LogP contribution in [0.1, 0.15) is 45.7 Å². The molecule has 0 fully saturated rings. The number of benzene rings is 2. The number of hydrogen-bond acceptors (Lipinski definition) is 3. The molecule has 3 heterocycles. The lowest BCUT2D eigenvalue weighted by molar-refractivity contribution is 0.596. The van der Waals surface area contributed by atoms with Gasteiger partial charge in [0.2, 0.25) is 0 Å². The zero-order valence-corrected chi connectivity index (χ0v) is 20.8. The van der Waals surface area contributed by atoms with Crippen LogP contribution >= 0.6 is 11.3 Å². The summed E-state index contributed by atoms with van der Waals surface area (Å²) in [6.07, 6.45) is 3.00. The number of fused-ring (bicyclic) bond motifs is 2. The van der Waals surface area contributed by atoms with Crippen molar-refractivity contribution in [3.8, 4) is 22.5 Å². The Labute approximate surface area is 200 Å². The first kappa shape index (κ1) is 21.8. The minimum Gasteiger partial charge on any atom is -0.256 e. The predicted molar refractivity (Wildman–Crippen MR) is 143 cm³/mol. The van der Waals surface area contributed by atoms with Gasteiger partial charge in [0.1, 0.15) is 4.83 Å². The van der Waals surface area contributed by atoms with E-state index in [-0.39, 0.29) is 5.41 Å². The predicted octanol–water partition coefficient (Wildman–Crippen LogP) is 8.67. The SMILES string of the molecule is CC(C)Cc1csc2nc(-c3ccnc(-c4cc(C(C)(C)C)c5ccccc5c4)c3)ccc12. The molecule has 0 saturated heterocycles. The van der Waals surface area contributed by atoms with Crippen molar-refractivity contribution in [3.05, 3.63) is 83.4 Å². The highest BCUT2D eigenvalue weighted by molar-refractivity contribution is 7.16. The average Bonchev–Trinajstić information content (AvgIpc) is 3.19. The van der Waals surface area contributed by atoms with Crippen molar-refractivity contribution in [3.63, 3.8) is 0 Å². The average molecular weight is 451 g/mol. The van der Waals surface area contributed by atoms with Gasteiger partial charge in [-0.25, -0.2) is 4.98 Å². The summed E-state index contributed by atoms with van der Waals surface area (Å²) in [5, 5.41) is 6.12. The van der Waals surface area contributed by atoms with Gasteiger partial charge in [0, 0.05) is 22.7 Å². The van der Waals surface area contributed by atoms with Crippen molar-refractivity contribution in [1.82, 2.24) is 9.97 Å². The molecule has 0 radical (unpaired) electrons. The van der Waals surface area contributed by atoms with Crippen molar-refractivity contribution in [2.24, 2.45) is 5.92 Å². The Morgan fingerprint density at radius 1 is 0.848 bits per heavy atom. The molecule has 0 unspecified atom stereocenters. The van der Waals surface area contributed by atoms with Gasteiger partial charge >= 0.3 is 0 Å². The van der Waals surface area contributed by atoms with Crippen molar-refractivity contribution in [2.45, 2.75) is 46.5 Å². The lowest BCUT2D eigenvalue weighted by atomic mass is 9.82. The van der Waals surface area contributed by atoms with Crippen LogP contribution in [-0.2, 0) is 11.8 Å². The Bertz CT molecular complexity index is 1450. The summed E-state index contributed by atoms with van der Waals surface area (Å²) in [5.74, 6) is 0.644. The van der Waals surface area contributed by atoms with E-state index in [9.17, 15) is 0 Å². The topological polar surface area (TPSA) is 25.8 Å². The van der Waals surface area contributed by atoms with E-state index in [4.69, 9.17) is 9.97 Å². The van der Waals surface area contributed by atoms with Crippen molar-refractivity contribution < 1.29 is 0 Å². The van der Waals surface area contributed by atoms with Crippen molar-refractivity contribution >= 4 is 32.3 Å². The number of rotatable bonds is 4. The van der Waals surface area contributed by atoms with Crippen LogP contribution in [-0.4, -0.2) is 9.97 Å². The summed E-state index contributed by atoms with van der Waals surface area (Å²) in [5.41, 5.74) is 7.04. The first-order valence-corrected chi connectivity index (χ1v) is 12.5. The lowest BCUT2D eigenvalue weighted by Crippen LogP contribution is -2.12. The summed E-state index contributed by atoms with van der Waals surface area (Å²) < 4.78 is 0. The summed E-state index contributed by atoms with van der Waals surface area (Å²) >= 11 is 1.74. The molecule has 166 valence electrons. The maximum Gasteiger partial charge on any atom is 0.124 e. The Morgan fingerprint density at radius 3 is 2.45 bits per heavy atom. The minimum absolute atomic E-state index is 0.0483. The van der Waals surface area contributed by atoms with Crippen LogP contribution in [0.3, 0.4) is 0 Å². The first-order valence-electron chi connectivity index (χ1n) is 11.7. The van der Waals surface area contributed by atoms with Crippen LogP contribution in [0.4, 0.5) is 0 Å². The Kier molecular flexibility index (Phi) is 5.54. The van der Waals surface area contributed by atoms with Gasteiger partial charge in [0.05, 0.1) is 11.4 Å². The molecule has 3 heteroatoms. The van der Waals surface area contributed by atoms with Crippen LogP contribution in [0.2, 0.25) is 0 Å². The molecule has 0 aliphatic rings. The van der Waals surface area contributed by atoms with Gasteiger partial charge in [-0.05, 0) is 81.4 Å². The largest absolute Gasteiger partial charge is 0.256 e. The molecule has 5 rings (SSSR count). The van der Waals surface area contributed by atoms with Crippen LogP contribution in [0, 0.1) is 5.92 Å². The molecule has 0 atom stereocenters. The Morgan fingerprint density at radius 2 is 1.67 bits per heavy atom. The maximum atomic E-state index is 5.01. The standard InChI is InChI=1S/C30H30N2S/c1-19(2)14-23-18-33-29-25(23)10-11-27(32-29)21-12-13-31-28(17-21)22-15-20-8-6-7-9-24(20)26(16-22)30(3,4)5/h6-13,15-19H,14H2,1-5H3. The fourth-order valence-corrected chi connectivity index (χ4v) is 5.50. The second-order valence-corrected chi connectivity index (χ2v) is 11.2. The van der Waals surface area contributed by atoms with Gasteiger partial charge in [0.25, 0.3) is 0 Å². The van der Waals surface area contributed by atoms with Gasteiger partial charge in [-0.15, -0.1) is 11.3 Å². The number of nitrogens with zero attached hydrogens (tertiary/aromatic N) is 2. The third-order valence-electron chi connectivity index (χ3n) is 6.17. The fourth-order valence-electron chi connectivity index (χ4n) is 4.55. The molecule has 0 bridgehead atoms. The normalized spacial score (nSPS) is 12.2. The van der Waals surface area contributed by atoms with Gasteiger partial charge in [-0.2, -0.15) is 0 Å². The first-order chi connectivity index (χ1) is 15.8. The molecule has 0 aliphatic carbocycles. The molecule has 33 heavy (non-hydrogen) atoms. The highest BCUT2D eigenvalue weighted by Crippen LogP contribution is 2.35. The minimum atomic E-state index is 0.0483. The molecular formula is C30H30N2S. The van der Waals surface area contributed by atoms with E-state index in [0.717, 1.165) is 33.8 Å². The molecule has 0 N–H and O–H groups in total. The summed E-state index contributed by atoms with van der Waals surface area (Å²) in [6.45, 7) is 11.4. The van der Waals surface area contributed by atoms with E-state index in [2.05, 4.69) is 101 Å². The summed E-state index contributed by atoms with van der Waals surface area (Å²) in [7, 11) is 0. The molecule has 2 aromatic carbocycles. The number of pyridine rings is 2. The number of hydrogen-bond donors (Lipinski definition) is 0. The number of aromatic nitrogens is 2. The van der Waals surface area contributed by atoms with Gasteiger partial charge < -0.3 is 0 Å². The third-order valence-corrected chi connectivity index (χ3v) is 7.11. The highest BCUT2D eigenvalue weighted by Gasteiger charge is 2.19. The lowest BCUT2D eigenvalue weighted by Gasteiger charge is -2.22. The molecular weight excluding hydrogens is 420 g/mol. The second kappa shape index (κ2) is 8.39. The Hall–Kier alpha value is -3.04. The fraction of sp³-hybridized carbons (Fsp3) is 0.267. The van der Waals surface area contributed by atoms with Crippen molar-refractivity contribution in [2.75, 3.05) is 0 Å². The summed E-state index contributed by atoms with van der Waals surface area (Å²) in [6, 6.07) is 21.8. The number of thiophene rings is 1.